The fourth-order valence-electron chi connectivity index (χ4n) is 2.24. The van der Waals surface area contributed by atoms with Crippen LogP contribution in [0.15, 0.2) is 46.7 Å². The monoisotopic (exact) mass is 319 g/mol. The number of sulfone groups is 1. The third-order valence-corrected chi connectivity index (χ3v) is 5.74. The molecule has 1 aliphatic rings. The van der Waals surface area contributed by atoms with Gasteiger partial charge in [-0.05, 0) is 25.1 Å². The van der Waals surface area contributed by atoms with E-state index in [1.807, 2.05) is 19.1 Å². The smallest absolute Gasteiger partial charge is 0.252 e. The third-order valence-electron chi connectivity index (χ3n) is 3.22. The van der Waals surface area contributed by atoms with Gasteiger partial charge in [0.25, 0.3) is 5.91 Å². The van der Waals surface area contributed by atoms with Crippen molar-refractivity contribution in [3.05, 3.63) is 57.1 Å². The number of rotatable bonds is 3. The molecule has 2 heterocycles. The molecule has 0 radical (unpaired) electrons. The van der Waals surface area contributed by atoms with E-state index < -0.39 is 9.84 Å². The third kappa shape index (κ3) is 2.64. The van der Waals surface area contributed by atoms with Crippen LogP contribution in [0.25, 0.3) is 5.57 Å². The van der Waals surface area contributed by atoms with Gasteiger partial charge in [0.1, 0.15) is 0 Å². The Hall–Kier alpha value is -1.92. The predicted molar refractivity (Wildman–Crippen MR) is 82.5 cm³/mol. The standard InChI is InChI=1S/C15H13NO3S2/c1-10-6-7-11(20-10)8-16-15(17)13-9-21(18,19)14-5-3-2-4-12(13)14/h2-7,9H,8H2,1H3,(H,16,17). The molecule has 108 valence electrons. The van der Waals surface area contributed by atoms with E-state index in [-0.39, 0.29) is 16.4 Å². The minimum absolute atomic E-state index is 0.196. The number of nitrogens with one attached hydrogen (secondary N) is 1. The van der Waals surface area contributed by atoms with Crippen molar-refractivity contribution in [2.24, 2.45) is 0 Å². The SMILES string of the molecule is Cc1ccc(CNC(=O)C2=CS(=O)(=O)c3ccccc32)s1. The van der Waals surface area contributed by atoms with Crippen molar-refractivity contribution < 1.29 is 13.2 Å². The molecule has 4 nitrogen and oxygen atoms in total. The molecule has 0 unspecified atom stereocenters. The Morgan fingerprint density at radius 3 is 2.67 bits per heavy atom. The van der Waals surface area contributed by atoms with E-state index in [0.717, 1.165) is 10.3 Å². The van der Waals surface area contributed by atoms with E-state index in [9.17, 15) is 13.2 Å². The number of fused-ring (bicyclic) bond motifs is 1. The Morgan fingerprint density at radius 1 is 1.19 bits per heavy atom. The minimum Gasteiger partial charge on any atom is -0.347 e. The molecule has 21 heavy (non-hydrogen) atoms. The number of aryl methyl sites for hydroxylation is 1. The van der Waals surface area contributed by atoms with Gasteiger partial charge < -0.3 is 5.32 Å². The maximum atomic E-state index is 12.2. The molecule has 0 saturated heterocycles. The number of carbonyl (C=O) groups excluding carboxylic acids is 1. The molecule has 2 aromatic rings. The first-order valence-electron chi connectivity index (χ1n) is 6.37. The molecule has 6 heteroatoms. The van der Waals surface area contributed by atoms with Crippen LogP contribution < -0.4 is 5.32 Å². The summed E-state index contributed by atoms with van der Waals surface area (Å²) in [6, 6.07) is 10.5. The second-order valence-corrected chi connectivity index (χ2v) is 7.91. The summed E-state index contributed by atoms with van der Waals surface area (Å²) < 4.78 is 24.0. The molecule has 0 aliphatic carbocycles. The highest BCUT2D eigenvalue weighted by molar-refractivity contribution is 7.95. The van der Waals surface area contributed by atoms with Crippen LogP contribution in [0.4, 0.5) is 0 Å². The minimum atomic E-state index is -3.50. The normalized spacial score (nSPS) is 15.4. The number of thiophene rings is 1. The van der Waals surface area contributed by atoms with Crippen LogP contribution in [0.3, 0.4) is 0 Å². The van der Waals surface area contributed by atoms with E-state index in [0.29, 0.717) is 12.1 Å². The van der Waals surface area contributed by atoms with E-state index in [4.69, 9.17) is 0 Å². The van der Waals surface area contributed by atoms with Crippen molar-refractivity contribution in [1.82, 2.24) is 5.32 Å². The Morgan fingerprint density at radius 2 is 1.95 bits per heavy atom. The number of carbonyl (C=O) groups is 1. The molecule has 0 spiro atoms. The largest absolute Gasteiger partial charge is 0.347 e. The van der Waals surface area contributed by atoms with Crippen LogP contribution in [-0.4, -0.2) is 14.3 Å². The first-order chi connectivity index (χ1) is 9.97. The van der Waals surface area contributed by atoms with Crippen molar-refractivity contribution in [2.45, 2.75) is 18.4 Å². The summed E-state index contributed by atoms with van der Waals surface area (Å²) in [5.74, 6) is -0.366. The quantitative estimate of drug-likeness (QED) is 0.945. The summed E-state index contributed by atoms with van der Waals surface area (Å²) in [5.41, 5.74) is 0.677. The Kier molecular flexibility index (Phi) is 3.43. The van der Waals surface area contributed by atoms with Crippen molar-refractivity contribution >= 4 is 32.7 Å². The number of amides is 1. The topological polar surface area (TPSA) is 63.2 Å². The second-order valence-electron chi connectivity index (χ2n) is 4.77. The van der Waals surface area contributed by atoms with Crippen molar-refractivity contribution in [2.75, 3.05) is 0 Å². The van der Waals surface area contributed by atoms with E-state index in [1.165, 1.54) is 10.9 Å². The average molecular weight is 319 g/mol. The van der Waals surface area contributed by atoms with E-state index in [2.05, 4.69) is 5.32 Å². The summed E-state index contributed by atoms with van der Waals surface area (Å²) in [5, 5.41) is 3.82. The molecule has 0 fully saturated rings. The highest BCUT2D eigenvalue weighted by Gasteiger charge is 2.29. The number of hydrogen-bond donors (Lipinski definition) is 1. The maximum absolute atomic E-state index is 12.2. The summed E-state index contributed by atoms with van der Waals surface area (Å²) in [6.45, 7) is 2.40. The molecule has 0 bridgehead atoms. The molecule has 0 saturated carbocycles. The zero-order valence-electron chi connectivity index (χ0n) is 11.3. The first kappa shape index (κ1) is 14.0. The summed E-state index contributed by atoms with van der Waals surface area (Å²) >= 11 is 1.61. The second kappa shape index (κ2) is 5.13. The lowest BCUT2D eigenvalue weighted by Gasteiger charge is -2.05. The summed E-state index contributed by atoms with van der Waals surface area (Å²) in [6.07, 6.45) is 0. The van der Waals surface area contributed by atoms with Crippen LogP contribution >= 0.6 is 11.3 Å². The van der Waals surface area contributed by atoms with Gasteiger partial charge in [0.05, 0.1) is 17.0 Å². The Bertz CT molecular complexity index is 847. The molecule has 1 aliphatic heterocycles. The highest BCUT2D eigenvalue weighted by atomic mass is 32.2. The molecule has 1 amide bonds. The van der Waals surface area contributed by atoms with Crippen LogP contribution in [0.5, 0.6) is 0 Å². The lowest BCUT2D eigenvalue weighted by atomic mass is 10.1. The number of hydrogen-bond acceptors (Lipinski definition) is 4. The average Bonchev–Trinajstić information content (AvgIpc) is 2.99. The Labute approximate surface area is 127 Å². The molecule has 1 aromatic heterocycles. The first-order valence-corrected chi connectivity index (χ1v) is 8.73. The zero-order valence-corrected chi connectivity index (χ0v) is 12.9. The van der Waals surface area contributed by atoms with Crippen LogP contribution in [0, 0.1) is 6.92 Å². The van der Waals surface area contributed by atoms with Gasteiger partial charge in [0.2, 0.25) is 9.84 Å². The fourth-order valence-corrected chi connectivity index (χ4v) is 4.49. The van der Waals surface area contributed by atoms with Gasteiger partial charge in [0.15, 0.2) is 0 Å². The predicted octanol–water partition coefficient (Wildman–Crippen LogP) is 2.50. The van der Waals surface area contributed by atoms with Gasteiger partial charge in [-0.15, -0.1) is 11.3 Å². The lowest BCUT2D eigenvalue weighted by molar-refractivity contribution is -0.115. The van der Waals surface area contributed by atoms with Crippen molar-refractivity contribution in [1.29, 1.82) is 0 Å². The van der Waals surface area contributed by atoms with Gasteiger partial charge in [-0.25, -0.2) is 8.42 Å². The van der Waals surface area contributed by atoms with Crippen LogP contribution in [0.1, 0.15) is 15.3 Å². The van der Waals surface area contributed by atoms with Gasteiger partial charge >= 0.3 is 0 Å². The van der Waals surface area contributed by atoms with E-state index >= 15 is 0 Å². The van der Waals surface area contributed by atoms with Gasteiger partial charge in [0, 0.05) is 20.7 Å². The number of benzene rings is 1. The van der Waals surface area contributed by atoms with E-state index in [1.54, 1.807) is 29.5 Å². The molecular formula is C15H13NO3S2. The van der Waals surface area contributed by atoms with Gasteiger partial charge in [-0.2, -0.15) is 0 Å². The lowest BCUT2D eigenvalue weighted by Crippen LogP contribution is -2.22. The van der Waals surface area contributed by atoms with Crippen molar-refractivity contribution in [3.8, 4) is 0 Å². The molecule has 0 atom stereocenters. The summed E-state index contributed by atoms with van der Waals surface area (Å²) in [7, 11) is -3.50. The molecule has 1 aromatic carbocycles. The molecule has 3 rings (SSSR count). The van der Waals surface area contributed by atoms with Crippen LogP contribution in [0.2, 0.25) is 0 Å². The zero-order chi connectivity index (χ0) is 15.0. The summed E-state index contributed by atoms with van der Waals surface area (Å²) in [4.78, 5) is 14.6. The van der Waals surface area contributed by atoms with Gasteiger partial charge in [-0.1, -0.05) is 18.2 Å². The molecular weight excluding hydrogens is 306 g/mol. The highest BCUT2D eigenvalue weighted by Crippen LogP contribution is 2.33. The Balaban J connectivity index is 1.83. The van der Waals surface area contributed by atoms with Crippen LogP contribution in [-0.2, 0) is 21.2 Å². The molecule has 1 N–H and O–H groups in total. The van der Waals surface area contributed by atoms with Crippen molar-refractivity contribution in [3.63, 3.8) is 0 Å². The maximum Gasteiger partial charge on any atom is 0.252 e. The van der Waals surface area contributed by atoms with Gasteiger partial charge in [-0.3, -0.25) is 4.79 Å². The fraction of sp³-hybridized carbons (Fsp3) is 0.133.